The van der Waals surface area contributed by atoms with Crippen LogP contribution in [-0.4, -0.2) is 37.1 Å². The van der Waals surface area contributed by atoms with Gasteiger partial charge >= 0.3 is 0 Å². The van der Waals surface area contributed by atoms with Gasteiger partial charge in [0.25, 0.3) is 0 Å². The van der Waals surface area contributed by atoms with Gasteiger partial charge in [0.1, 0.15) is 0 Å². The van der Waals surface area contributed by atoms with Gasteiger partial charge in [0, 0.05) is 25.7 Å². The Morgan fingerprint density at radius 3 is 2.94 bits per heavy atom. The number of halogens is 1. The molecule has 0 amide bonds. The molecule has 0 aliphatic carbocycles. The third-order valence-corrected chi connectivity index (χ3v) is 4.60. The summed E-state index contributed by atoms with van der Waals surface area (Å²) in [6, 6.07) is 7.08. The first-order valence-electron chi connectivity index (χ1n) is 6.99. The zero-order valence-corrected chi connectivity index (χ0v) is 11.8. The zero-order chi connectivity index (χ0) is 12.5. The Labute approximate surface area is 115 Å². The van der Waals surface area contributed by atoms with E-state index in [1.807, 2.05) is 6.07 Å². The van der Waals surface area contributed by atoms with E-state index in [1.54, 1.807) is 0 Å². The van der Waals surface area contributed by atoms with Gasteiger partial charge in [0.15, 0.2) is 0 Å². The summed E-state index contributed by atoms with van der Waals surface area (Å²) in [6.45, 7) is 6.87. The molecule has 2 fully saturated rings. The molecule has 0 bridgehead atoms. The van der Waals surface area contributed by atoms with Crippen molar-refractivity contribution in [3.8, 4) is 0 Å². The maximum atomic E-state index is 6.35. The Morgan fingerprint density at radius 1 is 1.17 bits per heavy atom. The highest BCUT2D eigenvalue weighted by molar-refractivity contribution is 6.33. The maximum Gasteiger partial charge on any atom is 0.0639 e. The molecular formula is C15H21ClN2. The van der Waals surface area contributed by atoms with Crippen LogP contribution in [0.15, 0.2) is 18.2 Å². The van der Waals surface area contributed by atoms with Crippen molar-refractivity contribution in [2.45, 2.75) is 32.2 Å². The van der Waals surface area contributed by atoms with E-state index < -0.39 is 0 Å². The maximum absolute atomic E-state index is 6.35. The Kier molecular flexibility index (Phi) is 3.49. The van der Waals surface area contributed by atoms with E-state index in [2.05, 4.69) is 28.9 Å². The third-order valence-electron chi connectivity index (χ3n) is 4.28. The van der Waals surface area contributed by atoms with Crippen LogP contribution in [0.3, 0.4) is 0 Å². The third kappa shape index (κ3) is 2.36. The molecule has 3 rings (SSSR count). The second-order valence-corrected chi connectivity index (χ2v) is 5.99. The van der Waals surface area contributed by atoms with Gasteiger partial charge in [-0.15, -0.1) is 0 Å². The molecule has 0 saturated carbocycles. The van der Waals surface area contributed by atoms with Crippen molar-refractivity contribution in [2.75, 3.05) is 31.1 Å². The Bertz CT molecular complexity index is 433. The largest absolute Gasteiger partial charge is 0.367 e. The van der Waals surface area contributed by atoms with Crippen molar-refractivity contribution in [1.29, 1.82) is 0 Å². The Morgan fingerprint density at radius 2 is 2.06 bits per heavy atom. The summed E-state index contributed by atoms with van der Waals surface area (Å²) in [5.41, 5.74) is 2.52. The minimum absolute atomic E-state index is 0.740. The van der Waals surface area contributed by atoms with Gasteiger partial charge in [-0.3, -0.25) is 4.90 Å². The average molecular weight is 265 g/mol. The normalized spacial score (nSPS) is 25.0. The topological polar surface area (TPSA) is 6.48 Å². The number of piperidine rings is 1. The van der Waals surface area contributed by atoms with Gasteiger partial charge < -0.3 is 4.90 Å². The van der Waals surface area contributed by atoms with Crippen LogP contribution < -0.4 is 4.90 Å². The van der Waals surface area contributed by atoms with Crippen LogP contribution >= 0.6 is 11.6 Å². The lowest BCUT2D eigenvalue weighted by atomic mass is 9.99. The van der Waals surface area contributed by atoms with Crippen LogP contribution in [0, 0.1) is 6.92 Å². The molecule has 18 heavy (non-hydrogen) atoms. The second-order valence-electron chi connectivity index (χ2n) is 5.59. The van der Waals surface area contributed by atoms with E-state index in [0.717, 1.165) is 24.2 Å². The highest BCUT2D eigenvalue weighted by atomic mass is 35.5. The number of nitrogens with zero attached hydrogens (tertiary/aromatic N) is 2. The molecule has 2 saturated heterocycles. The smallest absolute Gasteiger partial charge is 0.0639 e. The van der Waals surface area contributed by atoms with E-state index in [9.17, 15) is 0 Å². The number of benzene rings is 1. The molecule has 3 heteroatoms. The van der Waals surface area contributed by atoms with Crippen LogP contribution in [-0.2, 0) is 0 Å². The van der Waals surface area contributed by atoms with Crippen LogP contribution in [0.25, 0.3) is 0 Å². The predicted octanol–water partition coefficient (Wildman–Crippen LogP) is 3.32. The molecule has 2 aliphatic rings. The number of rotatable bonds is 1. The quantitative estimate of drug-likeness (QED) is 0.768. The highest BCUT2D eigenvalue weighted by Gasteiger charge is 2.29. The number of hydrogen-bond acceptors (Lipinski definition) is 2. The summed E-state index contributed by atoms with van der Waals surface area (Å²) in [5, 5.41) is 0.893. The molecule has 1 unspecified atom stereocenters. The van der Waals surface area contributed by atoms with Gasteiger partial charge in [0.2, 0.25) is 0 Å². The lowest BCUT2D eigenvalue weighted by molar-refractivity contribution is 0.133. The fourth-order valence-electron chi connectivity index (χ4n) is 3.24. The summed E-state index contributed by atoms with van der Waals surface area (Å²) < 4.78 is 0. The molecule has 0 aromatic heterocycles. The van der Waals surface area contributed by atoms with Crippen LogP contribution in [0.5, 0.6) is 0 Å². The summed E-state index contributed by atoms with van der Waals surface area (Å²) in [6.07, 6.45) is 4.11. The van der Waals surface area contributed by atoms with Crippen molar-refractivity contribution in [3.05, 3.63) is 28.8 Å². The van der Waals surface area contributed by atoms with E-state index >= 15 is 0 Å². The van der Waals surface area contributed by atoms with Gasteiger partial charge in [-0.1, -0.05) is 24.1 Å². The first kappa shape index (κ1) is 12.3. The Hall–Kier alpha value is -0.730. The molecule has 1 aromatic rings. The number of piperazine rings is 1. The second kappa shape index (κ2) is 5.10. The Balaban J connectivity index is 1.79. The minimum Gasteiger partial charge on any atom is -0.367 e. The van der Waals surface area contributed by atoms with Crippen molar-refractivity contribution in [1.82, 2.24) is 4.90 Å². The summed E-state index contributed by atoms with van der Waals surface area (Å²) in [5.74, 6) is 0. The van der Waals surface area contributed by atoms with E-state index in [1.165, 1.54) is 43.6 Å². The molecule has 0 N–H and O–H groups in total. The van der Waals surface area contributed by atoms with Crippen molar-refractivity contribution in [2.24, 2.45) is 0 Å². The van der Waals surface area contributed by atoms with E-state index in [-0.39, 0.29) is 0 Å². The van der Waals surface area contributed by atoms with Crippen molar-refractivity contribution < 1.29 is 0 Å². The van der Waals surface area contributed by atoms with Gasteiger partial charge in [-0.25, -0.2) is 0 Å². The summed E-state index contributed by atoms with van der Waals surface area (Å²) in [4.78, 5) is 5.13. The molecule has 2 heterocycles. The number of hydrogen-bond donors (Lipinski definition) is 0. The van der Waals surface area contributed by atoms with Crippen molar-refractivity contribution in [3.63, 3.8) is 0 Å². The fraction of sp³-hybridized carbons (Fsp3) is 0.600. The van der Waals surface area contributed by atoms with Crippen LogP contribution in [0.1, 0.15) is 24.8 Å². The van der Waals surface area contributed by atoms with Gasteiger partial charge in [0.05, 0.1) is 10.7 Å². The zero-order valence-electron chi connectivity index (χ0n) is 11.0. The molecule has 1 aromatic carbocycles. The predicted molar refractivity (Wildman–Crippen MR) is 77.6 cm³/mol. The van der Waals surface area contributed by atoms with Crippen LogP contribution in [0.4, 0.5) is 5.69 Å². The van der Waals surface area contributed by atoms with E-state index in [0.29, 0.717) is 0 Å². The molecular weight excluding hydrogens is 244 g/mol. The lowest BCUT2D eigenvalue weighted by Gasteiger charge is -2.45. The SMILES string of the molecule is Cc1ccc(Cl)c(N2CCN3CCCCC3C2)c1. The number of aryl methyl sites for hydroxylation is 1. The first-order chi connectivity index (χ1) is 8.74. The first-order valence-corrected chi connectivity index (χ1v) is 7.37. The van der Waals surface area contributed by atoms with E-state index in [4.69, 9.17) is 11.6 Å². The summed E-state index contributed by atoms with van der Waals surface area (Å²) in [7, 11) is 0. The lowest BCUT2D eigenvalue weighted by Crippen LogP contribution is -2.55. The van der Waals surface area contributed by atoms with Crippen molar-refractivity contribution >= 4 is 17.3 Å². The molecule has 1 atom stereocenters. The highest BCUT2D eigenvalue weighted by Crippen LogP contribution is 2.30. The fourth-order valence-corrected chi connectivity index (χ4v) is 3.48. The molecule has 0 spiro atoms. The van der Waals surface area contributed by atoms with Crippen LogP contribution in [0.2, 0.25) is 5.02 Å². The molecule has 2 nitrogen and oxygen atoms in total. The average Bonchev–Trinajstić information content (AvgIpc) is 2.41. The van der Waals surface area contributed by atoms with Gasteiger partial charge in [-0.05, 0) is 44.0 Å². The minimum atomic E-state index is 0.740. The number of fused-ring (bicyclic) bond motifs is 1. The summed E-state index contributed by atoms with van der Waals surface area (Å²) >= 11 is 6.35. The number of anilines is 1. The molecule has 98 valence electrons. The molecule has 0 radical (unpaired) electrons. The monoisotopic (exact) mass is 264 g/mol. The standard InChI is InChI=1S/C15H21ClN2/c1-12-5-6-14(16)15(10-12)18-9-8-17-7-3-2-4-13(17)11-18/h5-6,10,13H,2-4,7-9,11H2,1H3. The van der Waals surface area contributed by atoms with Gasteiger partial charge in [-0.2, -0.15) is 0 Å². The molecule has 2 aliphatic heterocycles.